The molecule has 0 unspecified atom stereocenters. The summed E-state index contributed by atoms with van der Waals surface area (Å²) in [5.74, 6) is -0.383. The van der Waals surface area contributed by atoms with E-state index in [-0.39, 0.29) is 11.3 Å². The van der Waals surface area contributed by atoms with E-state index in [1.54, 1.807) is 12.1 Å². The van der Waals surface area contributed by atoms with Gasteiger partial charge >= 0.3 is 0 Å². The molecule has 4 nitrogen and oxygen atoms in total. The van der Waals surface area contributed by atoms with E-state index in [0.29, 0.717) is 21.1 Å². The van der Waals surface area contributed by atoms with Gasteiger partial charge in [-0.15, -0.1) is 0 Å². The average Bonchev–Trinajstić information content (AvgIpc) is 2.56. The normalized spacial score (nSPS) is 10.9. The van der Waals surface area contributed by atoms with E-state index in [1.165, 1.54) is 6.08 Å². The molecule has 0 bridgehead atoms. The molecule has 0 aliphatic rings. The summed E-state index contributed by atoms with van der Waals surface area (Å²) < 4.78 is 0.945. The van der Waals surface area contributed by atoms with Gasteiger partial charge in [0.2, 0.25) is 0 Å². The number of carbonyl (C=O) groups is 1. The number of halogens is 2. The zero-order valence-electron chi connectivity index (χ0n) is 11.9. The molecule has 0 saturated heterocycles. The van der Waals surface area contributed by atoms with Crippen LogP contribution in [0.3, 0.4) is 0 Å². The second-order valence-electron chi connectivity index (χ2n) is 4.67. The number of carbonyl (C=O) groups excluding carboxylic acids is 1. The van der Waals surface area contributed by atoms with Gasteiger partial charge in [0.15, 0.2) is 0 Å². The Morgan fingerprint density at radius 2 is 1.83 bits per heavy atom. The molecule has 2 N–H and O–H groups in total. The van der Waals surface area contributed by atoms with Crippen LogP contribution >= 0.6 is 31.9 Å². The lowest BCUT2D eigenvalue weighted by molar-refractivity contribution is -0.117. The molecular weight excluding hydrogens is 424 g/mol. The highest BCUT2D eigenvalue weighted by molar-refractivity contribution is 9.11. The third-order valence-electron chi connectivity index (χ3n) is 3.01. The average molecular weight is 436 g/mol. The highest BCUT2D eigenvalue weighted by atomic mass is 79.9. The first kappa shape index (κ1) is 17.3. The van der Waals surface area contributed by atoms with Gasteiger partial charge in [-0.1, -0.05) is 30.3 Å². The lowest BCUT2D eigenvalue weighted by Crippen LogP contribution is -2.23. The molecule has 0 aliphatic carbocycles. The van der Waals surface area contributed by atoms with Gasteiger partial charge < -0.3 is 10.4 Å². The zero-order chi connectivity index (χ0) is 16.8. The Labute approximate surface area is 150 Å². The molecule has 0 saturated carbocycles. The van der Waals surface area contributed by atoms with Gasteiger partial charge in [-0.05, 0) is 61.2 Å². The fourth-order valence-electron chi connectivity index (χ4n) is 1.86. The number of nitriles is 1. The summed E-state index contributed by atoms with van der Waals surface area (Å²) in [6.45, 7) is 0.349. The van der Waals surface area contributed by atoms with Crippen molar-refractivity contribution >= 4 is 43.8 Å². The van der Waals surface area contributed by atoms with Crippen LogP contribution in [0, 0.1) is 11.3 Å². The summed E-state index contributed by atoms with van der Waals surface area (Å²) in [5, 5.41) is 21.6. The van der Waals surface area contributed by atoms with Crippen molar-refractivity contribution in [2.75, 3.05) is 0 Å². The van der Waals surface area contributed by atoms with Crippen molar-refractivity contribution in [2.45, 2.75) is 6.54 Å². The minimum absolute atomic E-state index is 0.00887. The van der Waals surface area contributed by atoms with E-state index < -0.39 is 5.91 Å². The van der Waals surface area contributed by atoms with Crippen LogP contribution in [0.4, 0.5) is 0 Å². The topological polar surface area (TPSA) is 73.1 Å². The van der Waals surface area contributed by atoms with Gasteiger partial charge in [0, 0.05) is 6.54 Å². The van der Waals surface area contributed by atoms with Crippen LogP contribution in [-0.2, 0) is 11.3 Å². The van der Waals surface area contributed by atoms with Crippen LogP contribution < -0.4 is 5.32 Å². The van der Waals surface area contributed by atoms with Crippen LogP contribution in [0.1, 0.15) is 11.1 Å². The first-order valence-electron chi connectivity index (χ1n) is 6.63. The van der Waals surface area contributed by atoms with Crippen molar-refractivity contribution < 1.29 is 9.90 Å². The Bertz CT molecular complexity index is 773. The number of amides is 1. The van der Waals surface area contributed by atoms with E-state index in [9.17, 15) is 15.2 Å². The minimum Gasteiger partial charge on any atom is -0.506 e. The maximum Gasteiger partial charge on any atom is 0.262 e. The zero-order valence-corrected chi connectivity index (χ0v) is 15.1. The van der Waals surface area contributed by atoms with Crippen LogP contribution in [0.25, 0.3) is 6.08 Å². The van der Waals surface area contributed by atoms with Gasteiger partial charge in [0.05, 0.1) is 8.95 Å². The molecule has 0 aliphatic heterocycles. The van der Waals surface area contributed by atoms with Gasteiger partial charge in [0.1, 0.15) is 17.4 Å². The van der Waals surface area contributed by atoms with Crippen LogP contribution in [-0.4, -0.2) is 11.0 Å². The molecule has 6 heteroatoms. The van der Waals surface area contributed by atoms with Crippen LogP contribution in [0.5, 0.6) is 5.75 Å². The summed E-state index contributed by atoms with van der Waals surface area (Å²) in [7, 11) is 0. The lowest BCUT2D eigenvalue weighted by Gasteiger charge is -2.05. The summed E-state index contributed by atoms with van der Waals surface area (Å²) in [4.78, 5) is 12.1. The standard InChI is InChI=1S/C17H12Br2N2O2/c18-14-7-12(8-15(19)16(14)22)6-13(9-20)17(23)21-10-11-4-2-1-3-5-11/h1-8,22H,10H2,(H,21,23). The largest absolute Gasteiger partial charge is 0.506 e. The molecule has 0 radical (unpaired) electrons. The summed E-state index contributed by atoms with van der Waals surface area (Å²) in [5.41, 5.74) is 1.56. The predicted molar refractivity (Wildman–Crippen MR) is 95.4 cm³/mol. The van der Waals surface area contributed by atoms with Crippen molar-refractivity contribution in [3.05, 3.63) is 68.1 Å². The predicted octanol–water partition coefficient (Wildman–Crippen LogP) is 4.14. The first-order valence-corrected chi connectivity index (χ1v) is 8.22. The van der Waals surface area contributed by atoms with Crippen molar-refractivity contribution in [1.29, 1.82) is 5.26 Å². The summed E-state index contributed by atoms with van der Waals surface area (Å²) in [6, 6.07) is 14.6. The van der Waals surface area contributed by atoms with E-state index in [0.717, 1.165) is 5.56 Å². The Hall–Kier alpha value is -2.10. The molecule has 116 valence electrons. The Balaban J connectivity index is 2.15. The Morgan fingerprint density at radius 1 is 1.22 bits per heavy atom. The number of hydrogen-bond acceptors (Lipinski definition) is 3. The smallest absolute Gasteiger partial charge is 0.262 e. The number of aromatic hydroxyl groups is 1. The molecule has 0 heterocycles. The molecule has 23 heavy (non-hydrogen) atoms. The molecule has 2 rings (SSSR count). The Morgan fingerprint density at radius 3 is 2.39 bits per heavy atom. The third-order valence-corrected chi connectivity index (χ3v) is 4.22. The van der Waals surface area contributed by atoms with Crippen molar-refractivity contribution in [2.24, 2.45) is 0 Å². The van der Waals surface area contributed by atoms with Crippen molar-refractivity contribution in [3.8, 4) is 11.8 Å². The molecule has 0 atom stereocenters. The second-order valence-corrected chi connectivity index (χ2v) is 6.38. The second kappa shape index (κ2) is 7.95. The third kappa shape index (κ3) is 4.68. The number of rotatable bonds is 4. The number of phenols is 1. The van der Waals surface area contributed by atoms with Crippen LogP contribution in [0.15, 0.2) is 57.0 Å². The van der Waals surface area contributed by atoms with E-state index in [1.807, 2.05) is 36.4 Å². The fourth-order valence-corrected chi connectivity index (χ4v) is 3.08. The number of nitrogens with zero attached hydrogens (tertiary/aromatic N) is 1. The molecular formula is C17H12Br2N2O2. The molecule has 0 aromatic heterocycles. The monoisotopic (exact) mass is 434 g/mol. The van der Waals surface area contributed by atoms with Gasteiger partial charge in [0.25, 0.3) is 5.91 Å². The molecule has 1 amide bonds. The van der Waals surface area contributed by atoms with Crippen molar-refractivity contribution in [3.63, 3.8) is 0 Å². The van der Waals surface area contributed by atoms with Gasteiger partial charge in [-0.3, -0.25) is 4.79 Å². The molecule has 0 spiro atoms. The van der Waals surface area contributed by atoms with Gasteiger partial charge in [-0.25, -0.2) is 0 Å². The highest BCUT2D eigenvalue weighted by Gasteiger charge is 2.10. The molecule has 0 fully saturated rings. The maximum atomic E-state index is 12.1. The number of hydrogen-bond donors (Lipinski definition) is 2. The van der Waals surface area contributed by atoms with Crippen molar-refractivity contribution in [1.82, 2.24) is 5.32 Å². The highest BCUT2D eigenvalue weighted by Crippen LogP contribution is 2.33. The minimum atomic E-state index is -0.448. The molecule has 2 aromatic carbocycles. The van der Waals surface area contributed by atoms with Crippen LogP contribution in [0.2, 0.25) is 0 Å². The van der Waals surface area contributed by atoms with E-state index in [2.05, 4.69) is 37.2 Å². The summed E-state index contributed by atoms with van der Waals surface area (Å²) >= 11 is 6.43. The SMILES string of the molecule is N#CC(=Cc1cc(Br)c(O)c(Br)c1)C(=O)NCc1ccccc1. The number of phenolic OH excluding ortho intramolecular Hbond substituents is 1. The van der Waals surface area contributed by atoms with E-state index >= 15 is 0 Å². The maximum absolute atomic E-state index is 12.1. The number of nitrogens with one attached hydrogen (secondary N) is 1. The van der Waals surface area contributed by atoms with Gasteiger partial charge in [-0.2, -0.15) is 5.26 Å². The molecule has 2 aromatic rings. The number of benzene rings is 2. The first-order chi connectivity index (χ1) is 11.0. The fraction of sp³-hybridized carbons (Fsp3) is 0.0588. The summed E-state index contributed by atoms with van der Waals surface area (Å²) in [6.07, 6.45) is 1.47. The van der Waals surface area contributed by atoms with E-state index in [4.69, 9.17) is 0 Å². The quantitative estimate of drug-likeness (QED) is 0.559. The lowest BCUT2D eigenvalue weighted by atomic mass is 10.1. The Kier molecular flexibility index (Phi) is 5.97.